The number of methoxy groups -OCH3 is 1. The molecule has 6 nitrogen and oxygen atoms in total. The molecule has 4 rings (SSSR count). The summed E-state index contributed by atoms with van der Waals surface area (Å²) in [6, 6.07) is 8.70. The number of fused-ring (bicyclic) bond motifs is 3. The van der Waals surface area contributed by atoms with Gasteiger partial charge >= 0.3 is 0 Å². The molecule has 0 saturated carbocycles. The zero-order chi connectivity index (χ0) is 20.5. The summed E-state index contributed by atoms with van der Waals surface area (Å²) >= 11 is 0. The second-order valence-electron chi connectivity index (χ2n) is 6.61. The molecule has 1 aromatic heterocycles. The van der Waals surface area contributed by atoms with E-state index in [2.05, 4.69) is 9.98 Å². The van der Waals surface area contributed by atoms with Gasteiger partial charge in [-0.2, -0.15) is 9.72 Å². The van der Waals surface area contributed by atoms with Crippen molar-refractivity contribution in [3.8, 4) is 17.0 Å². The van der Waals surface area contributed by atoms with Crippen molar-refractivity contribution in [1.29, 1.82) is 0 Å². The van der Waals surface area contributed by atoms with Gasteiger partial charge in [0.1, 0.15) is 22.9 Å². The molecule has 2 aromatic carbocycles. The number of rotatable bonds is 2. The maximum atomic E-state index is 13.8. The normalized spacial score (nSPS) is 13.4. The molecule has 0 bridgehead atoms. The third-order valence-electron chi connectivity index (χ3n) is 4.88. The minimum absolute atomic E-state index is 0.201. The first-order valence-corrected chi connectivity index (χ1v) is 9.00. The number of aromatic nitrogens is 2. The van der Waals surface area contributed by atoms with Gasteiger partial charge in [-0.05, 0) is 55.2 Å². The van der Waals surface area contributed by atoms with Crippen molar-refractivity contribution in [1.82, 2.24) is 9.71 Å². The Labute approximate surface area is 164 Å². The molecule has 0 spiro atoms. The van der Waals surface area contributed by atoms with Gasteiger partial charge in [-0.1, -0.05) is 6.07 Å². The molecule has 1 amide bonds. The minimum atomic E-state index is -1.14. The van der Waals surface area contributed by atoms with Crippen LogP contribution in [0.25, 0.3) is 11.3 Å². The van der Waals surface area contributed by atoms with E-state index in [9.17, 15) is 18.8 Å². The molecule has 0 aliphatic heterocycles. The Hall–Kier alpha value is -3.55. The van der Waals surface area contributed by atoms with Crippen LogP contribution in [0.4, 0.5) is 8.78 Å². The van der Waals surface area contributed by atoms with E-state index >= 15 is 0 Å². The van der Waals surface area contributed by atoms with E-state index in [0.29, 0.717) is 17.8 Å². The summed E-state index contributed by atoms with van der Waals surface area (Å²) in [6.07, 6.45) is 3.18. The summed E-state index contributed by atoms with van der Waals surface area (Å²) in [7, 11) is 1.59. The lowest BCUT2D eigenvalue weighted by atomic mass is 10.0. The van der Waals surface area contributed by atoms with Crippen molar-refractivity contribution < 1.29 is 23.5 Å². The van der Waals surface area contributed by atoms with Crippen molar-refractivity contribution in [3.63, 3.8) is 0 Å². The SMILES string of the molecule is COc1ccc2c(c1)CCCc1c-2ncc(=NC(=O)c2c(F)cccc2F)n1O. The maximum absolute atomic E-state index is 13.8. The van der Waals surface area contributed by atoms with Crippen LogP contribution < -0.4 is 10.2 Å². The van der Waals surface area contributed by atoms with Crippen molar-refractivity contribution in [2.75, 3.05) is 7.11 Å². The standard InChI is InChI=1S/C21H17F2N3O3/c1-29-13-8-9-14-12(10-13)4-2-7-17-20(14)24-11-18(26(17)28)25-21(27)19-15(22)5-3-6-16(19)23/h3,5-6,8-11,28H,2,4,7H2,1H3. The largest absolute Gasteiger partial charge is 0.497 e. The van der Waals surface area contributed by atoms with Crippen molar-refractivity contribution in [2.24, 2.45) is 4.99 Å². The van der Waals surface area contributed by atoms with Crippen LogP contribution in [0.15, 0.2) is 47.6 Å². The number of carbonyl (C=O) groups excluding carboxylic acids is 1. The summed E-state index contributed by atoms with van der Waals surface area (Å²) in [5, 5.41) is 10.6. The van der Waals surface area contributed by atoms with Crippen LogP contribution in [0.2, 0.25) is 0 Å². The topological polar surface area (TPSA) is 76.7 Å². The molecule has 8 heteroatoms. The molecular formula is C21H17F2N3O3. The van der Waals surface area contributed by atoms with E-state index in [1.54, 1.807) is 13.2 Å². The minimum Gasteiger partial charge on any atom is -0.497 e. The Morgan fingerprint density at radius 1 is 1.21 bits per heavy atom. The summed E-state index contributed by atoms with van der Waals surface area (Å²) in [6.45, 7) is 0. The predicted octanol–water partition coefficient (Wildman–Crippen LogP) is 3.30. The van der Waals surface area contributed by atoms with Gasteiger partial charge in [-0.15, -0.1) is 0 Å². The van der Waals surface area contributed by atoms with Crippen LogP contribution in [0, 0.1) is 11.6 Å². The van der Waals surface area contributed by atoms with Crippen molar-refractivity contribution in [2.45, 2.75) is 19.3 Å². The van der Waals surface area contributed by atoms with E-state index in [4.69, 9.17) is 4.74 Å². The molecule has 1 N–H and O–H groups in total. The number of benzene rings is 2. The molecular weight excluding hydrogens is 380 g/mol. The molecule has 1 aliphatic rings. The van der Waals surface area contributed by atoms with E-state index in [1.807, 2.05) is 12.1 Å². The third-order valence-corrected chi connectivity index (χ3v) is 4.88. The van der Waals surface area contributed by atoms with E-state index in [1.165, 1.54) is 6.20 Å². The average Bonchev–Trinajstić information content (AvgIpc) is 2.89. The van der Waals surface area contributed by atoms with Crippen LogP contribution in [-0.2, 0) is 12.8 Å². The number of amides is 1. The Morgan fingerprint density at radius 2 is 1.97 bits per heavy atom. The Morgan fingerprint density at radius 3 is 2.69 bits per heavy atom. The van der Waals surface area contributed by atoms with Gasteiger partial charge in [-0.3, -0.25) is 9.78 Å². The van der Waals surface area contributed by atoms with Crippen LogP contribution in [0.3, 0.4) is 0 Å². The fourth-order valence-corrected chi connectivity index (χ4v) is 3.46. The van der Waals surface area contributed by atoms with Crippen LogP contribution >= 0.6 is 0 Å². The van der Waals surface area contributed by atoms with Gasteiger partial charge in [-0.25, -0.2) is 8.78 Å². The molecule has 0 unspecified atom stereocenters. The summed E-state index contributed by atoms with van der Waals surface area (Å²) < 4.78 is 33.7. The average molecular weight is 397 g/mol. The third kappa shape index (κ3) is 3.37. The quantitative estimate of drug-likeness (QED) is 0.673. The highest BCUT2D eigenvalue weighted by Gasteiger charge is 2.21. The predicted molar refractivity (Wildman–Crippen MR) is 99.7 cm³/mol. The second kappa shape index (κ2) is 7.46. The highest BCUT2D eigenvalue weighted by Crippen LogP contribution is 2.32. The zero-order valence-electron chi connectivity index (χ0n) is 15.5. The van der Waals surface area contributed by atoms with Gasteiger partial charge in [0.2, 0.25) is 0 Å². The lowest BCUT2D eigenvalue weighted by molar-refractivity contribution is 0.0978. The molecule has 148 valence electrons. The molecule has 0 fully saturated rings. The van der Waals surface area contributed by atoms with Gasteiger partial charge in [0.25, 0.3) is 5.91 Å². The fraction of sp³-hybridized carbons (Fsp3) is 0.190. The van der Waals surface area contributed by atoms with E-state index in [-0.39, 0.29) is 5.49 Å². The smallest absolute Gasteiger partial charge is 0.285 e. The number of hydrogen-bond acceptors (Lipinski definition) is 4. The van der Waals surface area contributed by atoms with Crippen molar-refractivity contribution >= 4 is 5.91 Å². The molecule has 0 atom stereocenters. The maximum Gasteiger partial charge on any atom is 0.285 e. The first-order chi connectivity index (χ1) is 14.0. The van der Waals surface area contributed by atoms with Crippen molar-refractivity contribution in [3.05, 3.63) is 76.5 Å². The van der Waals surface area contributed by atoms with Gasteiger partial charge in [0.05, 0.1) is 24.7 Å². The number of halogens is 2. The molecule has 0 radical (unpaired) electrons. The highest BCUT2D eigenvalue weighted by molar-refractivity contribution is 5.95. The van der Waals surface area contributed by atoms with Gasteiger partial charge in [0.15, 0.2) is 5.49 Å². The molecule has 1 aliphatic carbocycles. The zero-order valence-corrected chi connectivity index (χ0v) is 15.5. The Bertz CT molecular complexity index is 1170. The molecule has 29 heavy (non-hydrogen) atoms. The van der Waals surface area contributed by atoms with Crippen LogP contribution in [-0.4, -0.2) is 27.9 Å². The monoisotopic (exact) mass is 397 g/mol. The highest BCUT2D eigenvalue weighted by atomic mass is 19.1. The Balaban J connectivity index is 1.82. The molecule has 1 heterocycles. The first kappa shape index (κ1) is 18.8. The fourth-order valence-electron chi connectivity index (χ4n) is 3.46. The molecule has 0 saturated heterocycles. The van der Waals surface area contributed by atoms with Gasteiger partial charge in [0, 0.05) is 5.56 Å². The number of aryl methyl sites for hydroxylation is 1. The van der Waals surface area contributed by atoms with Crippen LogP contribution in [0.1, 0.15) is 28.0 Å². The lowest BCUT2D eigenvalue weighted by Crippen LogP contribution is -2.25. The Kier molecular flexibility index (Phi) is 4.84. The van der Waals surface area contributed by atoms with E-state index < -0.39 is 23.1 Å². The number of carbonyl (C=O) groups is 1. The van der Waals surface area contributed by atoms with Gasteiger partial charge < -0.3 is 9.94 Å². The number of hydrogen-bond donors (Lipinski definition) is 1. The molecule has 3 aromatic rings. The van der Waals surface area contributed by atoms with Crippen LogP contribution in [0.5, 0.6) is 5.75 Å². The second-order valence-corrected chi connectivity index (χ2v) is 6.61. The first-order valence-electron chi connectivity index (χ1n) is 9.00. The summed E-state index contributed by atoms with van der Waals surface area (Å²) in [5.41, 5.74) is 1.93. The van der Waals surface area contributed by atoms with E-state index in [0.717, 1.165) is 52.6 Å². The number of ether oxygens (including phenoxy) is 1. The lowest BCUT2D eigenvalue weighted by Gasteiger charge is -2.12. The summed E-state index contributed by atoms with van der Waals surface area (Å²) in [5.74, 6) is -2.44. The number of nitrogens with zero attached hydrogens (tertiary/aromatic N) is 3. The summed E-state index contributed by atoms with van der Waals surface area (Å²) in [4.78, 5) is 20.4.